The Morgan fingerprint density at radius 1 is 1.38 bits per heavy atom. The van der Waals surface area contributed by atoms with E-state index in [9.17, 15) is 18.0 Å². The third-order valence-electron chi connectivity index (χ3n) is 2.89. The Morgan fingerprint density at radius 3 is 2.71 bits per heavy atom. The summed E-state index contributed by atoms with van der Waals surface area (Å²) in [4.78, 5) is 15.4. The summed E-state index contributed by atoms with van der Waals surface area (Å²) in [5, 5.41) is 3.73. The van der Waals surface area contributed by atoms with Crippen molar-refractivity contribution < 1.29 is 18.0 Å². The number of carbonyl (C=O) groups excluding carboxylic acids is 1. The number of rotatable bonds is 4. The van der Waals surface area contributed by atoms with Crippen LogP contribution >= 0.6 is 11.6 Å². The van der Waals surface area contributed by atoms with E-state index in [2.05, 4.69) is 10.3 Å². The Bertz CT molecular complexity index is 686. The van der Waals surface area contributed by atoms with Crippen LogP contribution in [-0.4, -0.2) is 23.5 Å². The van der Waals surface area contributed by atoms with Gasteiger partial charge >= 0.3 is 6.18 Å². The number of hydrogen-bond donors (Lipinski definition) is 1. The minimum Gasteiger partial charge on any atom is -0.384 e. The molecule has 2 rings (SSSR count). The summed E-state index contributed by atoms with van der Waals surface area (Å²) in [5.74, 6) is -1.91. The molecule has 0 saturated heterocycles. The van der Waals surface area contributed by atoms with Crippen molar-refractivity contribution in [2.75, 3.05) is 11.9 Å². The average molecular weight is 317 g/mol. The first-order valence-corrected chi connectivity index (χ1v) is 6.66. The number of carbonyl (C=O) groups is 1. The van der Waals surface area contributed by atoms with Crippen molar-refractivity contribution in [2.45, 2.75) is 19.5 Å². The number of hydrogen-bond acceptors (Lipinski definition) is 3. The van der Waals surface area contributed by atoms with Gasteiger partial charge in [-0.05, 0) is 24.6 Å². The molecule has 0 radical (unpaired) electrons. The zero-order valence-electron chi connectivity index (χ0n) is 11.1. The number of ketones is 1. The lowest BCUT2D eigenvalue weighted by atomic mass is 10.1. The third-order valence-corrected chi connectivity index (χ3v) is 3.12. The minimum atomic E-state index is -4.94. The van der Waals surface area contributed by atoms with Gasteiger partial charge in [-0.15, -0.1) is 0 Å². The van der Waals surface area contributed by atoms with Crippen LogP contribution in [0.1, 0.15) is 23.7 Å². The summed E-state index contributed by atoms with van der Waals surface area (Å²) < 4.78 is 38.0. The molecule has 3 nitrogen and oxygen atoms in total. The molecule has 7 heteroatoms. The number of nitrogens with one attached hydrogen (secondary N) is 1. The highest BCUT2D eigenvalue weighted by Gasteiger charge is 2.41. The molecule has 2 aromatic rings. The maximum absolute atomic E-state index is 12.7. The van der Waals surface area contributed by atoms with E-state index in [0.29, 0.717) is 28.9 Å². The Balaban J connectivity index is 2.64. The second-order valence-corrected chi connectivity index (χ2v) is 4.90. The molecule has 0 fully saturated rings. The Kier molecular flexibility index (Phi) is 4.37. The van der Waals surface area contributed by atoms with Gasteiger partial charge < -0.3 is 5.32 Å². The number of Topliss-reactive ketones (excluding diaryl/α,β-unsaturated/α-hetero) is 1. The first kappa shape index (κ1) is 15.6. The quantitative estimate of drug-likeness (QED) is 0.847. The van der Waals surface area contributed by atoms with Gasteiger partial charge in [-0.1, -0.05) is 18.5 Å². The lowest BCUT2D eigenvalue weighted by Crippen LogP contribution is -2.24. The first-order chi connectivity index (χ1) is 9.84. The first-order valence-electron chi connectivity index (χ1n) is 6.28. The van der Waals surface area contributed by atoms with E-state index < -0.39 is 17.5 Å². The minimum absolute atomic E-state index is 0.140. The van der Waals surface area contributed by atoms with Crippen molar-refractivity contribution in [2.24, 2.45) is 0 Å². The molecule has 0 spiro atoms. The summed E-state index contributed by atoms with van der Waals surface area (Å²) in [6.45, 7) is 2.32. The van der Waals surface area contributed by atoms with E-state index >= 15 is 0 Å². The number of fused-ring (bicyclic) bond motifs is 1. The highest BCUT2D eigenvalue weighted by Crippen LogP contribution is 2.32. The Hall–Kier alpha value is -1.82. The van der Waals surface area contributed by atoms with Gasteiger partial charge in [0.25, 0.3) is 5.78 Å². The van der Waals surface area contributed by atoms with Crippen LogP contribution in [0.2, 0.25) is 5.02 Å². The molecule has 0 unspecified atom stereocenters. The molecule has 1 N–H and O–H groups in total. The number of benzene rings is 1. The molecule has 0 bridgehead atoms. The zero-order valence-corrected chi connectivity index (χ0v) is 11.8. The monoisotopic (exact) mass is 316 g/mol. The number of alkyl halides is 3. The fourth-order valence-electron chi connectivity index (χ4n) is 1.93. The van der Waals surface area contributed by atoms with Crippen LogP contribution < -0.4 is 5.32 Å². The summed E-state index contributed by atoms with van der Waals surface area (Å²) >= 11 is 5.84. The summed E-state index contributed by atoms with van der Waals surface area (Å²) in [7, 11) is 0. The van der Waals surface area contributed by atoms with E-state index in [0.717, 1.165) is 6.20 Å². The van der Waals surface area contributed by atoms with Crippen molar-refractivity contribution in [1.29, 1.82) is 0 Å². The van der Waals surface area contributed by atoms with Crippen molar-refractivity contribution in [1.82, 2.24) is 4.98 Å². The number of nitrogens with zero attached hydrogens (tertiary/aromatic N) is 1. The molecule has 1 heterocycles. The lowest BCUT2D eigenvalue weighted by Gasteiger charge is -2.14. The second-order valence-electron chi connectivity index (χ2n) is 4.46. The summed E-state index contributed by atoms with van der Waals surface area (Å²) in [6.07, 6.45) is -3.30. The second kappa shape index (κ2) is 5.89. The number of aromatic nitrogens is 1. The van der Waals surface area contributed by atoms with Gasteiger partial charge in [0.2, 0.25) is 0 Å². The molecular weight excluding hydrogens is 305 g/mol. The lowest BCUT2D eigenvalue weighted by molar-refractivity contribution is -0.0884. The van der Waals surface area contributed by atoms with Gasteiger partial charge in [0.05, 0.1) is 16.8 Å². The average Bonchev–Trinajstić information content (AvgIpc) is 2.42. The SMILES string of the molecule is CCCNc1c(C(=O)C(F)(F)F)cnc2cc(Cl)ccc12. The highest BCUT2D eigenvalue weighted by molar-refractivity contribution is 6.31. The van der Waals surface area contributed by atoms with Crippen molar-refractivity contribution in [3.05, 3.63) is 35.0 Å². The number of anilines is 1. The summed E-state index contributed by atoms with van der Waals surface area (Å²) in [5.41, 5.74) is 0.0893. The molecule has 1 aromatic heterocycles. The normalized spacial score (nSPS) is 11.7. The van der Waals surface area contributed by atoms with Crippen LogP contribution in [0.5, 0.6) is 0 Å². The molecular formula is C14H12ClF3N2O. The molecule has 0 aliphatic carbocycles. The third kappa shape index (κ3) is 3.26. The Labute approximate surface area is 124 Å². The summed E-state index contributed by atoms with van der Waals surface area (Å²) in [6, 6.07) is 4.64. The fourth-order valence-corrected chi connectivity index (χ4v) is 2.10. The van der Waals surface area contributed by atoms with Crippen molar-refractivity contribution >= 4 is 34.0 Å². The maximum Gasteiger partial charge on any atom is 0.455 e. The van der Waals surface area contributed by atoms with Crippen LogP contribution in [0, 0.1) is 0 Å². The fraction of sp³-hybridized carbons (Fsp3) is 0.286. The smallest absolute Gasteiger partial charge is 0.384 e. The molecule has 112 valence electrons. The van der Waals surface area contributed by atoms with Gasteiger partial charge in [0.15, 0.2) is 0 Å². The molecule has 0 aliphatic heterocycles. The van der Waals surface area contributed by atoms with E-state index in [1.165, 1.54) is 6.07 Å². The predicted molar refractivity (Wildman–Crippen MR) is 75.9 cm³/mol. The molecule has 1 aromatic carbocycles. The van der Waals surface area contributed by atoms with Crippen LogP contribution in [0.3, 0.4) is 0 Å². The van der Waals surface area contributed by atoms with Crippen LogP contribution in [-0.2, 0) is 0 Å². The van der Waals surface area contributed by atoms with E-state index in [1.807, 2.05) is 6.92 Å². The van der Waals surface area contributed by atoms with Gasteiger partial charge in [0, 0.05) is 23.2 Å². The van der Waals surface area contributed by atoms with Crippen molar-refractivity contribution in [3.63, 3.8) is 0 Å². The van der Waals surface area contributed by atoms with Crippen molar-refractivity contribution in [3.8, 4) is 0 Å². The maximum atomic E-state index is 12.7. The topological polar surface area (TPSA) is 42.0 Å². The highest BCUT2D eigenvalue weighted by atomic mass is 35.5. The molecule has 0 aliphatic rings. The molecule has 0 amide bonds. The van der Waals surface area contributed by atoms with Gasteiger partial charge in [-0.25, -0.2) is 0 Å². The predicted octanol–water partition coefficient (Wildman–Crippen LogP) is 4.46. The van der Waals surface area contributed by atoms with E-state index in [1.54, 1.807) is 12.1 Å². The van der Waals surface area contributed by atoms with Gasteiger partial charge in [-0.3, -0.25) is 9.78 Å². The number of pyridine rings is 1. The molecule has 21 heavy (non-hydrogen) atoms. The van der Waals surface area contributed by atoms with Gasteiger partial charge in [0.1, 0.15) is 0 Å². The van der Waals surface area contributed by atoms with Crippen LogP contribution in [0.15, 0.2) is 24.4 Å². The standard InChI is InChI=1S/C14H12ClF3N2O/c1-2-5-19-12-9-4-3-8(15)6-11(9)20-7-10(12)13(21)14(16,17)18/h3-4,6-7H,2,5H2,1H3,(H,19,20). The Morgan fingerprint density at radius 2 is 2.10 bits per heavy atom. The molecule has 0 atom stereocenters. The van der Waals surface area contributed by atoms with Crippen LogP contribution in [0.4, 0.5) is 18.9 Å². The van der Waals surface area contributed by atoms with Gasteiger partial charge in [-0.2, -0.15) is 13.2 Å². The largest absolute Gasteiger partial charge is 0.455 e. The molecule has 0 saturated carbocycles. The zero-order chi connectivity index (χ0) is 15.6. The number of halogens is 4. The van der Waals surface area contributed by atoms with E-state index in [4.69, 9.17) is 11.6 Å². The van der Waals surface area contributed by atoms with Crippen LogP contribution in [0.25, 0.3) is 10.9 Å². The van der Waals surface area contributed by atoms with E-state index in [-0.39, 0.29) is 5.69 Å².